The minimum atomic E-state index is -0.344. The summed E-state index contributed by atoms with van der Waals surface area (Å²) in [5.41, 5.74) is 0.427. The van der Waals surface area contributed by atoms with E-state index in [1.165, 1.54) is 12.8 Å². The molecule has 1 spiro atoms. The van der Waals surface area contributed by atoms with E-state index in [1.807, 2.05) is 35.2 Å². The quantitative estimate of drug-likeness (QED) is 0.782. The summed E-state index contributed by atoms with van der Waals surface area (Å²) in [4.78, 5) is 14.9. The van der Waals surface area contributed by atoms with Crippen molar-refractivity contribution in [2.45, 2.75) is 57.2 Å². The number of benzene rings is 1. The topological polar surface area (TPSA) is 29.5 Å². The van der Waals surface area contributed by atoms with Gasteiger partial charge in [0.1, 0.15) is 5.72 Å². The standard InChI is InChI=1S/C17H23NO2/c1-14-13-20-17(11-7-2-3-8-12-17)18(14)16(19)15-9-5-4-6-10-15/h4-6,9-10,14H,2-3,7-8,11-13H2,1H3/t14-/m1/s1. The monoisotopic (exact) mass is 273 g/mol. The van der Waals surface area contributed by atoms with Crippen LogP contribution in [-0.2, 0) is 4.74 Å². The summed E-state index contributed by atoms with van der Waals surface area (Å²) in [5.74, 6) is 0.123. The smallest absolute Gasteiger partial charge is 0.256 e. The minimum Gasteiger partial charge on any atom is -0.353 e. The molecule has 1 saturated heterocycles. The molecular formula is C17H23NO2. The zero-order valence-corrected chi connectivity index (χ0v) is 12.2. The van der Waals surface area contributed by atoms with Gasteiger partial charge in [-0.2, -0.15) is 0 Å². The number of carbonyl (C=O) groups excluding carboxylic acids is 1. The molecule has 0 radical (unpaired) electrons. The van der Waals surface area contributed by atoms with Crippen molar-refractivity contribution in [2.24, 2.45) is 0 Å². The second-order valence-corrected chi connectivity index (χ2v) is 6.06. The van der Waals surface area contributed by atoms with Gasteiger partial charge in [-0.1, -0.05) is 31.0 Å². The van der Waals surface area contributed by atoms with Crippen LogP contribution < -0.4 is 0 Å². The molecule has 1 atom stereocenters. The summed E-state index contributed by atoms with van der Waals surface area (Å²) >= 11 is 0. The maximum absolute atomic E-state index is 12.9. The van der Waals surface area contributed by atoms with E-state index in [9.17, 15) is 4.79 Å². The predicted molar refractivity (Wildman–Crippen MR) is 78.5 cm³/mol. The van der Waals surface area contributed by atoms with Gasteiger partial charge in [-0.3, -0.25) is 4.79 Å². The molecule has 0 bridgehead atoms. The highest BCUT2D eigenvalue weighted by Gasteiger charge is 2.48. The molecule has 1 amide bonds. The van der Waals surface area contributed by atoms with Gasteiger partial charge in [0, 0.05) is 5.56 Å². The number of hydrogen-bond acceptors (Lipinski definition) is 2. The van der Waals surface area contributed by atoms with Crippen LogP contribution in [0.1, 0.15) is 55.8 Å². The molecule has 1 aliphatic carbocycles. The van der Waals surface area contributed by atoms with E-state index >= 15 is 0 Å². The van der Waals surface area contributed by atoms with Gasteiger partial charge < -0.3 is 9.64 Å². The van der Waals surface area contributed by atoms with E-state index in [0.717, 1.165) is 31.2 Å². The molecule has 0 N–H and O–H groups in total. The molecule has 1 aromatic carbocycles. The molecule has 1 saturated carbocycles. The first-order valence-electron chi connectivity index (χ1n) is 7.76. The third-order valence-electron chi connectivity index (χ3n) is 4.60. The summed E-state index contributed by atoms with van der Waals surface area (Å²) in [7, 11) is 0. The first-order valence-corrected chi connectivity index (χ1v) is 7.76. The van der Waals surface area contributed by atoms with Gasteiger partial charge in [0.15, 0.2) is 0 Å². The van der Waals surface area contributed by atoms with Gasteiger partial charge in [0.25, 0.3) is 5.91 Å². The highest BCUT2D eigenvalue weighted by atomic mass is 16.5. The summed E-state index contributed by atoms with van der Waals surface area (Å²) in [6, 6.07) is 9.77. The lowest BCUT2D eigenvalue weighted by molar-refractivity contribution is -0.0799. The zero-order valence-electron chi connectivity index (χ0n) is 12.2. The van der Waals surface area contributed by atoms with E-state index in [0.29, 0.717) is 6.61 Å². The van der Waals surface area contributed by atoms with Gasteiger partial charge in [-0.15, -0.1) is 0 Å². The van der Waals surface area contributed by atoms with Crippen LogP contribution in [-0.4, -0.2) is 29.2 Å². The van der Waals surface area contributed by atoms with Crippen molar-refractivity contribution in [3.8, 4) is 0 Å². The first-order chi connectivity index (χ1) is 9.73. The molecule has 3 heteroatoms. The van der Waals surface area contributed by atoms with Crippen LogP contribution in [0.15, 0.2) is 30.3 Å². The Morgan fingerprint density at radius 3 is 2.45 bits per heavy atom. The maximum Gasteiger partial charge on any atom is 0.256 e. The van der Waals surface area contributed by atoms with Crippen LogP contribution >= 0.6 is 0 Å². The predicted octanol–water partition coefficient (Wildman–Crippen LogP) is 3.60. The summed E-state index contributed by atoms with van der Waals surface area (Å²) < 4.78 is 6.13. The van der Waals surface area contributed by atoms with Crippen LogP contribution in [0.4, 0.5) is 0 Å². The van der Waals surface area contributed by atoms with Crippen molar-refractivity contribution in [3.05, 3.63) is 35.9 Å². The molecule has 1 heterocycles. The minimum absolute atomic E-state index is 0.123. The molecule has 2 fully saturated rings. The fourth-order valence-corrected chi connectivity index (χ4v) is 3.59. The lowest BCUT2D eigenvalue weighted by Gasteiger charge is -2.38. The normalized spacial score (nSPS) is 25.6. The number of amides is 1. The Hall–Kier alpha value is -1.35. The molecular weight excluding hydrogens is 250 g/mol. The molecule has 0 aromatic heterocycles. The number of nitrogens with zero attached hydrogens (tertiary/aromatic N) is 1. The van der Waals surface area contributed by atoms with Crippen molar-refractivity contribution < 1.29 is 9.53 Å². The second-order valence-electron chi connectivity index (χ2n) is 6.06. The number of ether oxygens (including phenoxy) is 1. The first kappa shape index (κ1) is 13.6. The van der Waals surface area contributed by atoms with Gasteiger partial charge in [-0.05, 0) is 44.7 Å². The van der Waals surface area contributed by atoms with Gasteiger partial charge in [0.2, 0.25) is 0 Å². The summed E-state index contributed by atoms with van der Waals surface area (Å²) in [5, 5.41) is 0. The second kappa shape index (κ2) is 5.57. The third kappa shape index (κ3) is 2.35. The van der Waals surface area contributed by atoms with E-state index in [4.69, 9.17) is 4.74 Å². The van der Waals surface area contributed by atoms with Crippen LogP contribution in [0.3, 0.4) is 0 Å². The maximum atomic E-state index is 12.9. The van der Waals surface area contributed by atoms with Gasteiger partial charge in [0.05, 0.1) is 12.6 Å². The molecule has 3 nitrogen and oxygen atoms in total. The van der Waals surface area contributed by atoms with E-state index in [-0.39, 0.29) is 17.7 Å². The van der Waals surface area contributed by atoms with Gasteiger partial charge >= 0.3 is 0 Å². The highest BCUT2D eigenvalue weighted by Crippen LogP contribution is 2.40. The van der Waals surface area contributed by atoms with Crippen LogP contribution in [0.5, 0.6) is 0 Å². The van der Waals surface area contributed by atoms with Crippen molar-refractivity contribution in [1.82, 2.24) is 4.90 Å². The fraction of sp³-hybridized carbons (Fsp3) is 0.588. The van der Waals surface area contributed by atoms with Crippen molar-refractivity contribution in [1.29, 1.82) is 0 Å². The third-order valence-corrected chi connectivity index (χ3v) is 4.60. The zero-order chi connectivity index (χ0) is 14.0. The molecule has 1 aromatic rings. The fourth-order valence-electron chi connectivity index (χ4n) is 3.59. The number of hydrogen-bond donors (Lipinski definition) is 0. The Morgan fingerprint density at radius 1 is 1.15 bits per heavy atom. The van der Waals surface area contributed by atoms with Crippen LogP contribution in [0.25, 0.3) is 0 Å². The van der Waals surface area contributed by atoms with Crippen LogP contribution in [0, 0.1) is 0 Å². The van der Waals surface area contributed by atoms with E-state index in [2.05, 4.69) is 6.92 Å². The number of rotatable bonds is 1. The molecule has 3 rings (SSSR count). The summed E-state index contributed by atoms with van der Waals surface area (Å²) in [6.45, 7) is 2.76. The van der Waals surface area contributed by atoms with Crippen molar-refractivity contribution >= 4 is 5.91 Å². The Labute approximate surface area is 120 Å². The van der Waals surface area contributed by atoms with Crippen molar-refractivity contribution in [3.63, 3.8) is 0 Å². The Balaban J connectivity index is 1.90. The average Bonchev–Trinajstić information content (AvgIpc) is 2.65. The molecule has 1 aliphatic heterocycles. The lowest BCUT2D eigenvalue weighted by atomic mass is 10.0. The SMILES string of the molecule is C[C@@H]1COC2(CCCCCC2)N1C(=O)c1ccccc1. The molecule has 0 unspecified atom stereocenters. The number of carbonyl (C=O) groups is 1. The van der Waals surface area contributed by atoms with Crippen molar-refractivity contribution in [2.75, 3.05) is 6.61 Å². The Kier molecular flexibility index (Phi) is 3.79. The van der Waals surface area contributed by atoms with E-state index < -0.39 is 0 Å². The molecule has 2 aliphatic rings. The largest absolute Gasteiger partial charge is 0.353 e. The van der Waals surface area contributed by atoms with Crippen LogP contribution in [0.2, 0.25) is 0 Å². The highest BCUT2D eigenvalue weighted by molar-refractivity contribution is 5.95. The summed E-state index contributed by atoms with van der Waals surface area (Å²) in [6.07, 6.45) is 6.79. The Morgan fingerprint density at radius 2 is 1.80 bits per heavy atom. The van der Waals surface area contributed by atoms with Gasteiger partial charge in [-0.25, -0.2) is 0 Å². The average molecular weight is 273 g/mol. The Bertz CT molecular complexity index is 463. The molecule has 20 heavy (non-hydrogen) atoms. The lowest BCUT2D eigenvalue weighted by Crippen LogP contribution is -2.50. The molecule has 108 valence electrons. The van der Waals surface area contributed by atoms with E-state index in [1.54, 1.807) is 0 Å².